The standard InChI is InChI=1S/C13H24N2O3/c1-5-17-6-7-18-11(4)13(16)15-12(9-14)8-10(2)3/h10-12H,5-8H2,1-4H3,(H,15,16)/t11-,12-/m1/s1. The van der Waals surface area contributed by atoms with Crippen molar-refractivity contribution in [2.75, 3.05) is 19.8 Å². The second-order valence-corrected chi connectivity index (χ2v) is 4.53. The van der Waals surface area contributed by atoms with Crippen LogP contribution in [0.15, 0.2) is 0 Å². The molecule has 0 aliphatic heterocycles. The van der Waals surface area contributed by atoms with Gasteiger partial charge in [0.1, 0.15) is 12.1 Å². The summed E-state index contributed by atoms with van der Waals surface area (Å²) in [5.41, 5.74) is 0. The van der Waals surface area contributed by atoms with Crippen LogP contribution < -0.4 is 5.32 Å². The second kappa shape index (κ2) is 9.86. The van der Waals surface area contributed by atoms with Crippen LogP contribution in [-0.4, -0.2) is 37.9 Å². The topological polar surface area (TPSA) is 71.3 Å². The molecule has 0 radical (unpaired) electrons. The first-order chi connectivity index (χ1) is 8.51. The number of rotatable bonds is 9. The van der Waals surface area contributed by atoms with Gasteiger partial charge in [-0.1, -0.05) is 13.8 Å². The monoisotopic (exact) mass is 256 g/mol. The third kappa shape index (κ3) is 8.04. The summed E-state index contributed by atoms with van der Waals surface area (Å²) >= 11 is 0. The van der Waals surface area contributed by atoms with Crippen molar-refractivity contribution >= 4 is 5.91 Å². The van der Waals surface area contributed by atoms with E-state index in [1.807, 2.05) is 20.8 Å². The van der Waals surface area contributed by atoms with Crippen molar-refractivity contribution in [1.29, 1.82) is 5.26 Å². The van der Waals surface area contributed by atoms with Crippen LogP contribution in [0.25, 0.3) is 0 Å². The van der Waals surface area contributed by atoms with Gasteiger partial charge < -0.3 is 14.8 Å². The van der Waals surface area contributed by atoms with Gasteiger partial charge in [-0.2, -0.15) is 5.26 Å². The van der Waals surface area contributed by atoms with Crippen molar-refractivity contribution in [2.24, 2.45) is 5.92 Å². The predicted octanol–water partition coefficient (Wildman–Crippen LogP) is 1.48. The number of carbonyl (C=O) groups excluding carboxylic acids is 1. The molecule has 0 aromatic heterocycles. The molecule has 0 spiro atoms. The normalized spacial score (nSPS) is 14.0. The van der Waals surface area contributed by atoms with Crippen LogP contribution in [0.2, 0.25) is 0 Å². The molecule has 0 fully saturated rings. The van der Waals surface area contributed by atoms with Crippen molar-refractivity contribution in [3.05, 3.63) is 0 Å². The highest BCUT2D eigenvalue weighted by molar-refractivity contribution is 5.80. The van der Waals surface area contributed by atoms with E-state index in [1.54, 1.807) is 6.92 Å². The minimum atomic E-state index is -0.562. The minimum absolute atomic E-state index is 0.251. The van der Waals surface area contributed by atoms with Gasteiger partial charge in [0.25, 0.3) is 0 Å². The number of nitrogens with one attached hydrogen (secondary N) is 1. The van der Waals surface area contributed by atoms with Crippen molar-refractivity contribution in [2.45, 2.75) is 46.3 Å². The number of amides is 1. The van der Waals surface area contributed by atoms with Crippen LogP contribution in [0.4, 0.5) is 0 Å². The first-order valence-corrected chi connectivity index (χ1v) is 6.40. The number of nitrogens with zero attached hydrogens (tertiary/aromatic N) is 1. The number of nitriles is 1. The molecule has 0 aliphatic rings. The lowest BCUT2D eigenvalue weighted by Gasteiger charge is -2.17. The molecule has 0 bridgehead atoms. The molecule has 2 atom stereocenters. The second-order valence-electron chi connectivity index (χ2n) is 4.53. The van der Waals surface area contributed by atoms with E-state index in [-0.39, 0.29) is 5.91 Å². The molecule has 0 unspecified atom stereocenters. The highest BCUT2D eigenvalue weighted by Gasteiger charge is 2.18. The Hall–Kier alpha value is -1.12. The number of hydrogen-bond donors (Lipinski definition) is 1. The van der Waals surface area contributed by atoms with Gasteiger partial charge in [-0.25, -0.2) is 0 Å². The van der Waals surface area contributed by atoms with Gasteiger partial charge in [-0.15, -0.1) is 0 Å². The SMILES string of the molecule is CCOCCO[C@H](C)C(=O)N[C@@H](C#N)CC(C)C. The van der Waals surface area contributed by atoms with E-state index in [1.165, 1.54) is 0 Å². The zero-order valence-electron chi connectivity index (χ0n) is 11.7. The van der Waals surface area contributed by atoms with Crippen LogP contribution in [0.5, 0.6) is 0 Å². The smallest absolute Gasteiger partial charge is 0.249 e. The third-order valence-electron chi connectivity index (χ3n) is 2.35. The highest BCUT2D eigenvalue weighted by Crippen LogP contribution is 2.04. The van der Waals surface area contributed by atoms with E-state index in [0.29, 0.717) is 32.2 Å². The number of carbonyl (C=O) groups is 1. The Morgan fingerprint density at radius 2 is 2.00 bits per heavy atom. The summed E-state index contributed by atoms with van der Waals surface area (Å²) in [6.45, 7) is 9.09. The highest BCUT2D eigenvalue weighted by atomic mass is 16.5. The molecule has 0 rings (SSSR count). The lowest BCUT2D eigenvalue weighted by Crippen LogP contribution is -2.41. The molecule has 1 amide bonds. The van der Waals surface area contributed by atoms with Gasteiger partial charge in [0.2, 0.25) is 5.91 Å². The fraction of sp³-hybridized carbons (Fsp3) is 0.846. The van der Waals surface area contributed by atoms with Crippen LogP contribution in [0, 0.1) is 17.2 Å². The van der Waals surface area contributed by atoms with E-state index in [0.717, 1.165) is 0 Å². The Morgan fingerprint density at radius 3 is 2.50 bits per heavy atom. The van der Waals surface area contributed by atoms with Crippen LogP contribution in [0.1, 0.15) is 34.1 Å². The first-order valence-electron chi connectivity index (χ1n) is 6.40. The summed E-state index contributed by atoms with van der Waals surface area (Å²) in [4.78, 5) is 11.7. The molecule has 0 aromatic carbocycles. The average Bonchev–Trinajstić information content (AvgIpc) is 2.32. The third-order valence-corrected chi connectivity index (χ3v) is 2.35. The maximum Gasteiger partial charge on any atom is 0.249 e. The summed E-state index contributed by atoms with van der Waals surface area (Å²) in [7, 11) is 0. The molecular formula is C13H24N2O3. The number of hydrogen-bond acceptors (Lipinski definition) is 4. The zero-order valence-corrected chi connectivity index (χ0v) is 11.7. The fourth-order valence-electron chi connectivity index (χ4n) is 1.41. The van der Waals surface area contributed by atoms with Crippen molar-refractivity contribution in [3.8, 4) is 6.07 Å². The molecule has 5 heteroatoms. The summed E-state index contributed by atoms with van der Waals surface area (Å²) < 4.78 is 10.4. The Balaban J connectivity index is 3.94. The van der Waals surface area contributed by atoms with Crippen LogP contribution in [-0.2, 0) is 14.3 Å². The first kappa shape index (κ1) is 16.9. The quantitative estimate of drug-likeness (QED) is 0.634. The van der Waals surface area contributed by atoms with E-state index in [9.17, 15) is 4.79 Å². The van der Waals surface area contributed by atoms with E-state index in [2.05, 4.69) is 11.4 Å². The molecule has 0 saturated carbocycles. The molecule has 18 heavy (non-hydrogen) atoms. The largest absolute Gasteiger partial charge is 0.379 e. The summed E-state index contributed by atoms with van der Waals surface area (Å²) in [6, 6.07) is 1.63. The Morgan fingerprint density at radius 1 is 1.33 bits per heavy atom. The van der Waals surface area contributed by atoms with Gasteiger partial charge in [-0.3, -0.25) is 4.79 Å². The molecule has 104 valence electrons. The minimum Gasteiger partial charge on any atom is -0.379 e. The van der Waals surface area contributed by atoms with Gasteiger partial charge in [0, 0.05) is 6.61 Å². The van der Waals surface area contributed by atoms with Gasteiger partial charge >= 0.3 is 0 Å². The van der Waals surface area contributed by atoms with Crippen molar-refractivity contribution < 1.29 is 14.3 Å². The maximum absolute atomic E-state index is 11.7. The van der Waals surface area contributed by atoms with Crippen molar-refractivity contribution in [3.63, 3.8) is 0 Å². The van der Waals surface area contributed by atoms with Crippen LogP contribution >= 0.6 is 0 Å². The zero-order chi connectivity index (χ0) is 14.0. The predicted molar refractivity (Wildman–Crippen MR) is 68.9 cm³/mol. The van der Waals surface area contributed by atoms with Crippen LogP contribution in [0.3, 0.4) is 0 Å². The van der Waals surface area contributed by atoms with Gasteiger partial charge in [0.05, 0.1) is 19.3 Å². The summed E-state index contributed by atoms with van der Waals surface area (Å²) in [5, 5.41) is 11.6. The Bertz CT molecular complexity index is 274. The lowest BCUT2D eigenvalue weighted by molar-refractivity contribution is -0.133. The van der Waals surface area contributed by atoms with E-state index in [4.69, 9.17) is 14.7 Å². The molecule has 1 N–H and O–H groups in total. The summed E-state index contributed by atoms with van der Waals surface area (Å²) in [6.07, 6.45) is 0.0851. The lowest BCUT2D eigenvalue weighted by atomic mass is 10.0. The molecular weight excluding hydrogens is 232 g/mol. The molecule has 0 saturated heterocycles. The van der Waals surface area contributed by atoms with E-state index >= 15 is 0 Å². The Labute approximate surface area is 109 Å². The molecule has 0 aromatic rings. The van der Waals surface area contributed by atoms with Crippen molar-refractivity contribution in [1.82, 2.24) is 5.32 Å². The van der Waals surface area contributed by atoms with Gasteiger partial charge in [-0.05, 0) is 26.2 Å². The molecule has 0 aliphatic carbocycles. The van der Waals surface area contributed by atoms with E-state index < -0.39 is 12.1 Å². The van der Waals surface area contributed by atoms with Gasteiger partial charge in [0.15, 0.2) is 0 Å². The Kier molecular flexibility index (Phi) is 9.25. The summed E-state index contributed by atoms with van der Waals surface area (Å²) in [5.74, 6) is 0.114. The molecule has 0 heterocycles. The number of ether oxygens (including phenoxy) is 2. The fourth-order valence-corrected chi connectivity index (χ4v) is 1.41. The average molecular weight is 256 g/mol. The maximum atomic E-state index is 11.7. The molecule has 5 nitrogen and oxygen atoms in total.